The fourth-order valence-electron chi connectivity index (χ4n) is 2.79. The van der Waals surface area contributed by atoms with Crippen LogP contribution in [0, 0.1) is 5.92 Å². The molecule has 1 aliphatic heterocycles. The van der Waals surface area contributed by atoms with E-state index in [1.165, 1.54) is 12.8 Å². The molecular formula is C16H24BrNO3. The summed E-state index contributed by atoms with van der Waals surface area (Å²) in [7, 11) is 1.77. The monoisotopic (exact) mass is 357 g/mol. The van der Waals surface area contributed by atoms with Crippen molar-refractivity contribution in [1.29, 1.82) is 0 Å². The third-order valence-corrected chi connectivity index (χ3v) is 4.51. The molecule has 1 N–H and O–H groups in total. The minimum atomic E-state index is 0.180. The SMILES string of the molecule is CCOc1cc(CN2CCC(COC)CC2)cc(Br)c1O. The first-order valence-corrected chi connectivity index (χ1v) is 8.28. The van der Waals surface area contributed by atoms with Crippen LogP contribution in [0.4, 0.5) is 0 Å². The van der Waals surface area contributed by atoms with Gasteiger partial charge >= 0.3 is 0 Å². The van der Waals surface area contributed by atoms with E-state index in [0.717, 1.165) is 31.8 Å². The second-order valence-corrected chi connectivity index (χ2v) is 6.39. The standard InChI is InChI=1S/C16H24BrNO3/c1-3-21-15-9-13(8-14(17)16(15)19)10-18-6-4-12(5-7-18)11-20-2/h8-9,12,19H,3-7,10-11H2,1-2H3. The largest absolute Gasteiger partial charge is 0.503 e. The Labute approximate surface area is 135 Å². The number of halogens is 1. The van der Waals surface area contributed by atoms with Crippen LogP contribution in [-0.2, 0) is 11.3 Å². The molecule has 0 atom stereocenters. The summed E-state index contributed by atoms with van der Waals surface area (Å²) in [5.41, 5.74) is 1.16. The Hall–Kier alpha value is -0.780. The van der Waals surface area contributed by atoms with Crippen LogP contribution in [0.2, 0.25) is 0 Å². The second-order valence-electron chi connectivity index (χ2n) is 5.53. The number of phenols is 1. The van der Waals surface area contributed by atoms with Crippen molar-refractivity contribution in [3.8, 4) is 11.5 Å². The number of methoxy groups -OCH3 is 1. The van der Waals surface area contributed by atoms with Gasteiger partial charge in [0.05, 0.1) is 11.1 Å². The van der Waals surface area contributed by atoms with E-state index in [2.05, 4.69) is 20.8 Å². The van der Waals surface area contributed by atoms with Crippen molar-refractivity contribution >= 4 is 15.9 Å². The Bertz CT molecular complexity index is 459. The minimum Gasteiger partial charge on any atom is -0.503 e. The van der Waals surface area contributed by atoms with Crippen molar-refractivity contribution in [2.24, 2.45) is 5.92 Å². The molecule has 0 aromatic heterocycles. The molecule has 1 aliphatic rings. The van der Waals surface area contributed by atoms with Crippen LogP contribution >= 0.6 is 15.9 Å². The average molecular weight is 358 g/mol. The summed E-state index contributed by atoms with van der Waals surface area (Å²) in [4.78, 5) is 2.45. The maximum absolute atomic E-state index is 9.95. The van der Waals surface area contributed by atoms with Gasteiger partial charge in [0.1, 0.15) is 0 Å². The molecule has 0 spiro atoms. The number of ether oxygens (including phenoxy) is 2. The molecular weight excluding hydrogens is 334 g/mol. The first kappa shape index (κ1) is 16.6. The van der Waals surface area contributed by atoms with E-state index < -0.39 is 0 Å². The Morgan fingerprint density at radius 1 is 1.33 bits per heavy atom. The maximum Gasteiger partial charge on any atom is 0.172 e. The zero-order valence-corrected chi connectivity index (χ0v) is 14.4. The molecule has 1 aromatic rings. The van der Waals surface area contributed by atoms with Crippen molar-refractivity contribution in [1.82, 2.24) is 4.90 Å². The molecule has 0 bridgehead atoms. The summed E-state index contributed by atoms with van der Waals surface area (Å²) in [5, 5.41) is 9.95. The predicted octanol–water partition coefficient (Wildman–Crippen LogP) is 3.41. The van der Waals surface area contributed by atoms with E-state index in [-0.39, 0.29) is 5.75 Å². The Morgan fingerprint density at radius 2 is 2.05 bits per heavy atom. The summed E-state index contributed by atoms with van der Waals surface area (Å²) < 4.78 is 11.4. The van der Waals surface area contributed by atoms with Gasteiger partial charge in [0.2, 0.25) is 0 Å². The number of aromatic hydroxyl groups is 1. The molecule has 1 heterocycles. The number of likely N-dealkylation sites (tertiary alicyclic amines) is 1. The van der Waals surface area contributed by atoms with Crippen molar-refractivity contribution < 1.29 is 14.6 Å². The van der Waals surface area contributed by atoms with Crippen LogP contribution in [0.25, 0.3) is 0 Å². The van der Waals surface area contributed by atoms with Crippen molar-refractivity contribution in [3.63, 3.8) is 0 Å². The number of benzene rings is 1. The molecule has 118 valence electrons. The first-order chi connectivity index (χ1) is 10.1. The molecule has 5 heteroatoms. The Kier molecular flexibility index (Phi) is 6.33. The lowest BCUT2D eigenvalue weighted by atomic mass is 9.97. The van der Waals surface area contributed by atoms with Gasteiger partial charge in [0.25, 0.3) is 0 Å². The van der Waals surface area contributed by atoms with E-state index in [0.29, 0.717) is 22.7 Å². The molecule has 0 saturated carbocycles. The zero-order chi connectivity index (χ0) is 15.2. The Morgan fingerprint density at radius 3 is 2.67 bits per heavy atom. The number of phenolic OH excluding ortho intramolecular Hbond substituents is 1. The third kappa shape index (κ3) is 4.59. The van der Waals surface area contributed by atoms with Gasteiger partial charge in [-0.2, -0.15) is 0 Å². The molecule has 21 heavy (non-hydrogen) atoms. The van der Waals surface area contributed by atoms with Crippen molar-refractivity contribution in [2.75, 3.05) is 33.4 Å². The van der Waals surface area contributed by atoms with E-state index in [9.17, 15) is 5.11 Å². The highest BCUT2D eigenvalue weighted by Crippen LogP contribution is 2.36. The third-order valence-electron chi connectivity index (χ3n) is 3.90. The van der Waals surface area contributed by atoms with E-state index in [1.54, 1.807) is 7.11 Å². The lowest BCUT2D eigenvalue weighted by molar-refractivity contribution is 0.0968. The molecule has 4 nitrogen and oxygen atoms in total. The second kappa shape index (κ2) is 8.01. The van der Waals surface area contributed by atoms with E-state index in [1.807, 2.05) is 19.1 Å². The van der Waals surface area contributed by atoms with Gasteiger partial charge in [-0.3, -0.25) is 4.90 Å². The molecule has 1 fully saturated rings. The van der Waals surface area contributed by atoms with Crippen LogP contribution in [-0.4, -0.2) is 43.4 Å². The molecule has 0 radical (unpaired) electrons. The van der Waals surface area contributed by atoms with Crippen molar-refractivity contribution in [2.45, 2.75) is 26.3 Å². The molecule has 1 saturated heterocycles. The number of piperidine rings is 1. The van der Waals surface area contributed by atoms with Gasteiger partial charge in [-0.25, -0.2) is 0 Å². The minimum absolute atomic E-state index is 0.180. The fraction of sp³-hybridized carbons (Fsp3) is 0.625. The first-order valence-electron chi connectivity index (χ1n) is 7.49. The number of nitrogens with zero attached hydrogens (tertiary/aromatic N) is 1. The zero-order valence-electron chi connectivity index (χ0n) is 12.8. The lowest BCUT2D eigenvalue weighted by Gasteiger charge is -2.31. The average Bonchev–Trinajstić information content (AvgIpc) is 2.47. The summed E-state index contributed by atoms with van der Waals surface area (Å²) in [6.07, 6.45) is 2.37. The lowest BCUT2D eigenvalue weighted by Crippen LogP contribution is -2.34. The van der Waals surface area contributed by atoms with E-state index >= 15 is 0 Å². The number of hydrogen-bond acceptors (Lipinski definition) is 4. The van der Waals surface area contributed by atoms with Crippen LogP contribution < -0.4 is 4.74 Å². The van der Waals surface area contributed by atoms with Gasteiger partial charge in [-0.15, -0.1) is 0 Å². The van der Waals surface area contributed by atoms with Gasteiger partial charge in [-0.05, 0) is 72.4 Å². The Balaban J connectivity index is 1.97. The van der Waals surface area contributed by atoms with Crippen molar-refractivity contribution in [3.05, 3.63) is 22.2 Å². The highest BCUT2D eigenvalue weighted by molar-refractivity contribution is 9.10. The smallest absolute Gasteiger partial charge is 0.172 e. The quantitative estimate of drug-likeness (QED) is 0.846. The van der Waals surface area contributed by atoms with E-state index in [4.69, 9.17) is 9.47 Å². The van der Waals surface area contributed by atoms with Crippen LogP contribution in [0.5, 0.6) is 11.5 Å². The summed E-state index contributed by atoms with van der Waals surface area (Å²) >= 11 is 3.40. The topological polar surface area (TPSA) is 41.9 Å². The molecule has 1 aromatic carbocycles. The fourth-order valence-corrected chi connectivity index (χ4v) is 3.28. The molecule has 2 rings (SSSR count). The van der Waals surface area contributed by atoms with Gasteiger partial charge in [-0.1, -0.05) is 0 Å². The number of hydrogen-bond donors (Lipinski definition) is 1. The van der Waals surface area contributed by atoms with Gasteiger partial charge in [0.15, 0.2) is 11.5 Å². The molecule has 0 amide bonds. The predicted molar refractivity (Wildman–Crippen MR) is 86.9 cm³/mol. The van der Waals surface area contributed by atoms with Crippen LogP contribution in [0.3, 0.4) is 0 Å². The normalized spacial score (nSPS) is 17.1. The maximum atomic E-state index is 9.95. The van der Waals surface area contributed by atoms with Gasteiger partial charge < -0.3 is 14.6 Å². The highest BCUT2D eigenvalue weighted by Gasteiger charge is 2.20. The van der Waals surface area contributed by atoms with Gasteiger partial charge in [0, 0.05) is 20.3 Å². The summed E-state index contributed by atoms with van der Waals surface area (Å²) in [6, 6.07) is 3.91. The van der Waals surface area contributed by atoms with Crippen LogP contribution in [0.1, 0.15) is 25.3 Å². The van der Waals surface area contributed by atoms with Crippen LogP contribution in [0.15, 0.2) is 16.6 Å². The highest BCUT2D eigenvalue weighted by atomic mass is 79.9. The summed E-state index contributed by atoms with van der Waals surface area (Å²) in [5.74, 6) is 1.42. The number of rotatable bonds is 6. The molecule has 0 unspecified atom stereocenters. The summed E-state index contributed by atoms with van der Waals surface area (Å²) in [6.45, 7) is 6.41. The molecule has 0 aliphatic carbocycles.